The lowest BCUT2D eigenvalue weighted by atomic mass is 10.2. The van der Waals surface area contributed by atoms with Crippen molar-refractivity contribution in [2.24, 2.45) is 0 Å². The third-order valence-corrected chi connectivity index (χ3v) is 4.51. The minimum atomic E-state index is 0.401. The van der Waals surface area contributed by atoms with Gasteiger partial charge in [-0.2, -0.15) is 0 Å². The molecule has 1 atom stereocenters. The standard InChI is InChI=1S/C14H15BrN2OS/c15-11-3-1-10(2-4-11)13-9-19-14(17-13)7-12-8-18-6-5-16-12/h1-4,9,12,16H,5-8H2. The van der Waals surface area contributed by atoms with Crippen LogP contribution in [0.2, 0.25) is 0 Å². The summed E-state index contributed by atoms with van der Waals surface area (Å²) < 4.78 is 6.56. The molecule has 1 unspecified atom stereocenters. The van der Waals surface area contributed by atoms with Crippen molar-refractivity contribution in [2.75, 3.05) is 19.8 Å². The van der Waals surface area contributed by atoms with Crippen molar-refractivity contribution in [3.8, 4) is 11.3 Å². The lowest BCUT2D eigenvalue weighted by molar-refractivity contribution is 0.0770. The van der Waals surface area contributed by atoms with E-state index in [0.717, 1.165) is 36.3 Å². The van der Waals surface area contributed by atoms with Crippen molar-refractivity contribution in [1.82, 2.24) is 10.3 Å². The molecule has 5 heteroatoms. The van der Waals surface area contributed by atoms with Gasteiger partial charge in [0, 0.05) is 34.4 Å². The largest absolute Gasteiger partial charge is 0.379 e. The average molecular weight is 339 g/mol. The number of hydrogen-bond acceptors (Lipinski definition) is 4. The molecule has 2 aromatic rings. The van der Waals surface area contributed by atoms with E-state index in [1.807, 2.05) is 12.1 Å². The molecule has 3 nitrogen and oxygen atoms in total. The summed E-state index contributed by atoms with van der Waals surface area (Å²) in [6, 6.07) is 8.67. The number of nitrogens with one attached hydrogen (secondary N) is 1. The number of rotatable bonds is 3. The first-order chi connectivity index (χ1) is 9.31. The van der Waals surface area contributed by atoms with Crippen molar-refractivity contribution in [3.05, 3.63) is 39.1 Å². The Hall–Kier alpha value is -0.750. The summed E-state index contributed by atoms with van der Waals surface area (Å²) in [5.74, 6) is 0. The topological polar surface area (TPSA) is 34.1 Å². The zero-order valence-corrected chi connectivity index (χ0v) is 12.8. The average Bonchev–Trinajstić information content (AvgIpc) is 2.89. The van der Waals surface area contributed by atoms with Gasteiger partial charge in [0.05, 0.1) is 23.9 Å². The molecule has 1 saturated heterocycles. The maximum atomic E-state index is 5.47. The van der Waals surface area contributed by atoms with Crippen LogP contribution in [0.4, 0.5) is 0 Å². The predicted molar refractivity (Wildman–Crippen MR) is 81.6 cm³/mol. The first-order valence-electron chi connectivity index (χ1n) is 6.33. The van der Waals surface area contributed by atoms with Crippen LogP contribution >= 0.6 is 27.3 Å². The van der Waals surface area contributed by atoms with Crippen LogP contribution in [-0.4, -0.2) is 30.8 Å². The number of nitrogens with zero attached hydrogens (tertiary/aromatic N) is 1. The molecule has 3 rings (SSSR count). The van der Waals surface area contributed by atoms with Gasteiger partial charge < -0.3 is 10.1 Å². The Morgan fingerprint density at radius 2 is 2.21 bits per heavy atom. The van der Waals surface area contributed by atoms with Crippen LogP contribution in [0.1, 0.15) is 5.01 Å². The first-order valence-corrected chi connectivity index (χ1v) is 8.00. The quantitative estimate of drug-likeness (QED) is 0.933. The predicted octanol–water partition coefficient (Wildman–Crippen LogP) is 3.10. The fourth-order valence-electron chi connectivity index (χ4n) is 2.12. The minimum absolute atomic E-state index is 0.401. The van der Waals surface area contributed by atoms with E-state index in [2.05, 4.69) is 38.8 Å². The van der Waals surface area contributed by atoms with E-state index in [9.17, 15) is 0 Å². The summed E-state index contributed by atoms with van der Waals surface area (Å²) in [6.45, 7) is 2.54. The Morgan fingerprint density at radius 3 is 2.95 bits per heavy atom. The number of halogens is 1. The van der Waals surface area contributed by atoms with E-state index in [4.69, 9.17) is 9.72 Å². The Morgan fingerprint density at radius 1 is 1.37 bits per heavy atom. The third-order valence-electron chi connectivity index (χ3n) is 3.11. The van der Waals surface area contributed by atoms with Gasteiger partial charge in [0.1, 0.15) is 0 Å². The molecule has 19 heavy (non-hydrogen) atoms. The summed E-state index contributed by atoms with van der Waals surface area (Å²) >= 11 is 5.17. The minimum Gasteiger partial charge on any atom is -0.379 e. The highest BCUT2D eigenvalue weighted by Crippen LogP contribution is 2.24. The molecule has 0 aliphatic carbocycles. The van der Waals surface area contributed by atoms with E-state index in [1.165, 1.54) is 10.6 Å². The molecule has 0 spiro atoms. The number of thiazole rings is 1. The number of morpholine rings is 1. The maximum absolute atomic E-state index is 5.47. The highest BCUT2D eigenvalue weighted by atomic mass is 79.9. The van der Waals surface area contributed by atoms with Crippen LogP contribution in [0, 0.1) is 0 Å². The van der Waals surface area contributed by atoms with Gasteiger partial charge in [-0.25, -0.2) is 4.98 Å². The molecule has 0 amide bonds. The van der Waals surface area contributed by atoms with Crippen LogP contribution in [-0.2, 0) is 11.2 Å². The summed E-state index contributed by atoms with van der Waals surface area (Å²) in [6.07, 6.45) is 0.946. The Bertz CT molecular complexity index is 535. The molecule has 0 bridgehead atoms. The normalized spacial score (nSPS) is 19.5. The molecule has 0 radical (unpaired) electrons. The van der Waals surface area contributed by atoms with Gasteiger partial charge in [-0.3, -0.25) is 0 Å². The van der Waals surface area contributed by atoms with E-state index in [1.54, 1.807) is 11.3 Å². The number of ether oxygens (including phenoxy) is 1. The van der Waals surface area contributed by atoms with Crippen molar-refractivity contribution >= 4 is 27.3 Å². The second kappa shape index (κ2) is 6.13. The van der Waals surface area contributed by atoms with Gasteiger partial charge in [0.25, 0.3) is 0 Å². The lowest BCUT2D eigenvalue weighted by Crippen LogP contribution is -2.42. The number of hydrogen-bond donors (Lipinski definition) is 1. The van der Waals surface area contributed by atoms with Gasteiger partial charge in [0.15, 0.2) is 0 Å². The molecule has 2 heterocycles. The maximum Gasteiger partial charge on any atom is 0.0949 e. The second-order valence-corrected chi connectivity index (χ2v) is 6.42. The monoisotopic (exact) mass is 338 g/mol. The second-order valence-electron chi connectivity index (χ2n) is 4.56. The third kappa shape index (κ3) is 3.42. The van der Waals surface area contributed by atoms with Crippen molar-refractivity contribution < 1.29 is 4.74 Å². The molecule has 1 N–H and O–H groups in total. The molecule has 1 aliphatic rings. The summed E-state index contributed by atoms with van der Waals surface area (Å²) in [4.78, 5) is 4.71. The molecular formula is C14H15BrN2OS. The van der Waals surface area contributed by atoms with Gasteiger partial charge in [0.2, 0.25) is 0 Å². The molecule has 0 saturated carbocycles. The summed E-state index contributed by atoms with van der Waals surface area (Å²) in [5, 5.41) is 6.75. The molecule has 100 valence electrons. The zero-order chi connectivity index (χ0) is 13.1. The fourth-order valence-corrected chi connectivity index (χ4v) is 3.27. The van der Waals surface area contributed by atoms with Gasteiger partial charge in [-0.1, -0.05) is 28.1 Å². The van der Waals surface area contributed by atoms with Crippen molar-refractivity contribution in [1.29, 1.82) is 0 Å². The van der Waals surface area contributed by atoms with E-state index in [0.29, 0.717) is 6.04 Å². The first kappa shape index (κ1) is 13.2. The molecule has 1 fully saturated rings. The zero-order valence-electron chi connectivity index (χ0n) is 10.4. The summed E-state index contributed by atoms with van der Waals surface area (Å²) in [5.41, 5.74) is 2.22. The smallest absolute Gasteiger partial charge is 0.0949 e. The SMILES string of the molecule is Brc1ccc(-c2csc(CC3COCCN3)n2)cc1. The lowest BCUT2D eigenvalue weighted by Gasteiger charge is -2.22. The van der Waals surface area contributed by atoms with Crippen LogP contribution in [0.25, 0.3) is 11.3 Å². The molecule has 1 aromatic heterocycles. The molecular weight excluding hydrogens is 324 g/mol. The van der Waals surface area contributed by atoms with Gasteiger partial charge in [-0.05, 0) is 12.1 Å². The van der Waals surface area contributed by atoms with Gasteiger partial charge >= 0.3 is 0 Å². The van der Waals surface area contributed by atoms with Crippen molar-refractivity contribution in [2.45, 2.75) is 12.5 Å². The highest BCUT2D eigenvalue weighted by Gasteiger charge is 2.15. The van der Waals surface area contributed by atoms with E-state index >= 15 is 0 Å². The highest BCUT2D eigenvalue weighted by molar-refractivity contribution is 9.10. The van der Waals surface area contributed by atoms with E-state index < -0.39 is 0 Å². The van der Waals surface area contributed by atoms with Gasteiger partial charge in [-0.15, -0.1) is 11.3 Å². The van der Waals surface area contributed by atoms with Crippen LogP contribution in [0.15, 0.2) is 34.1 Å². The summed E-state index contributed by atoms with van der Waals surface area (Å²) in [7, 11) is 0. The van der Waals surface area contributed by atoms with Crippen LogP contribution in [0.5, 0.6) is 0 Å². The van der Waals surface area contributed by atoms with Crippen molar-refractivity contribution in [3.63, 3.8) is 0 Å². The van der Waals surface area contributed by atoms with E-state index in [-0.39, 0.29) is 0 Å². The number of benzene rings is 1. The number of aromatic nitrogens is 1. The van der Waals surface area contributed by atoms with Crippen LogP contribution < -0.4 is 5.32 Å². The fraction of sp³-hybridized carbons (Fsp3) is 0.357. The Kier molecular flexibility index (Phi) is 4.28. The molecule has 1 aromatic carbocycles. The molecule has 1 aliphatic heterocycles. The Balaban J connectivity index is 1.70. The van der Waals surface area contributed by atoms with Crippen LogP contribution in [0.3, 0.4) is 0 Å². The Labute approximate surface area is 125 Å².